The lowest BCUT2D eigenvalue weighted by atomic mass is 10.0. The number of likely N-dealkylation sites (N-methyl/N-ethyl adjacent to an activating group) is 1. The maximum Gasteiger partial charge on any atom is 0.0458 e. The first-order valence-corrected chi connectivity index (χ1v) is 8.27. The van der Waals surface area contributed by atoms with E-state index < -0.39 is 0 Å². The van der Waals surface area contributed by atoms with Gasteiger partial charge in [-0.15, -0.1) is 0 Å². The quantitative estimate of drug-likeness (QED) is 0.895. The first kappa shape index (κ1) is 14.1. The number of nitrogens with zero attached hydrogens (tertiary/aromatic N) is 1. The van der Waals surface area contributed by atoms with E-state index in [4.69, 9.17) is 0 Å². The van der Waals surface area contributed by atoms with Crippen LogP contribution in [0.25, 0.3) is 10.9 Å². The Labute approximate surface area is 128 Å². The minimum absolute atomic E-state index is 0.672. The van der Waals surface area contributed by atoms with Crippen LogP contribution in [0.5, 0.6) is 0 Å². The summed E-state index contributed by atoms with van der Waals surface area (Å²) in [6.07, 6.45) is 4.77. The van der Waals surface area contributed by atoms with Gasteiger partial charge in [0.2, 0.25) is 0 Å². The zero-order valence-corrected chi connectivity index (χ0v) is 13.5. The summed E-state index contributed by atoms with van der Waals surface area (Å²) in [6, 6.07) is 7.12. The van der Waals surface area contributed by atoms with Gasteiger partial charge in [-0.2, -0.15) is 0 Å². The summed E-state index contributed by atoms with van der Waals surface area (Å²) in [5.74, 6) is 0. The van der Waals surface area contributed by atoms with Gasteiger partial charge in [-0.05, 0) is 49.7 Å². The van der Waals surface area contributed by atoms with Crippen LogP contribution in [0.2, 0.25) is 0 Å². The van der Waals surface area contributed by atoms with E-state index in [-0.39, 0.29) is 0 Å². The summed E-state index contributed by atoms with van der Waals surface area (Å²) in [5.41, 5.74) is 2.62. The minimum atomic E-state index is 0.672. The first-order valence-electron chi connectivity index (χ1n) is 7.48. The molecule has 1 aliphatic heterocycles. The standard InChI is InChI=1S/C16H22BrN3/c1-2-20(14-4-3-7-18-10-14)11-12-9-19-16-6-5-13(17)8-15(12)16/h5-6,8-9,14,18-19H,2-4,7,10-11H2,1H3. The van der Waals surface area contributed by atoms with Crippen molar-refractivity contribution in [1.29, 1.82) is 0 Å². The molecule has 108 valence electrons. The highest BCUT2D eigenvalue weighted by molar-refractivity contribution is 9.10. The van der Waals surface area contributed by atoms with Gasteiger partial charge >= 0.3 is 0 Å². The largest absolute Gasteiger partial charge is 0.361 e. The third-order valence-electron chi connectivity index (χ3n) is 4.30. The molecule has 0 radical (unpaired) electrons. The van der Waals surface area contributed by atoms with E-state index in [9.17, 15) is 0 Å². The lowest BCUT2D eigenvalue weighted by Crippen LogP contribution is -2.45. The van der Waals surface area contributed by atoms with Crippen LogP contribution in [-0.2, 0) is 6.54 Å². The molecule has 3 rings (SSSR count). The molecule has 1 atom stereocenters. The van der Waals surface area contributed by atoms with Gasteiger partial charge in [0.05, 0.1) is 0 Å². The third-order valence-corrected chi connectivity index (χ3v) is 4.79. The topological polar surface area (TPSA) is 31.1 Å². The fourth-order valence-corrected chi connectivity index (χ4v) is 3.51. The van der Waals surface area contributed by atoms with E-state index in [1.165, 1.54) is 35.9 Å². The number of aromatic nitrogens is 1. The van der Waals surface area contributed by atoms with Crippen LogP contribution in [0.3, 0.4) is 0 Å². The summed E-state index contributed by atoms with van der Waals surface area (Å²) in [6.45, 7) is 6.69. The second kappa shape index (κ2) is 6.29. The Bertz CT molecular complexity index is 572. The van der Waals surface area contributed by atoms with E-state index in [0.717, 1.165) is 24.1 Å². The van der Waals surface area contributed by atoms with E-state index in [1.807, 2.05) is 0 Å². The van der Waals surface area contributed by atoms with Gasteiger partial charge in [-0.1, -0.05) is 22.9 Å². The van der Waals surface area contributed by atoms with Crippen LogP contribution >= 0.6 is 15.9 Å². The molecule has 1 unspecified atom stereocenters. The van der Waals surface area contributed by atoms with Gasteiger partial charge in [0.15, 0.2) is 0 Å². The van der Waals surface area contributed by atoms with Crippen molar-refractivity contribution in [2.45, 2.75) is 32.4 Å². The summed E-state index contributed by atoms with van der Waals surface area (Å²) in [4.78, 5) is 5.98. The van der Waals surface area contributed by atoms with Crippen molar-refractivity contribution in [3.8, 4) is 0 Å². The van der Waals surface area contributed by atoms with E-state index in [2.05, 4.69) is 62.5 Å². The van der Waals surface area contributed by atoms with Crippen LogP contribution in [0.15, 0.2) is 28.9 Å². The molecule has 2 N–H and O–H groups in total. The highest BCUT2D eigenvalue weighted by Gasteiger charge is 2.20. The second-order valence-electron chi connectivity index (χ2n) is 5.57. The number of halogens is 1. The van der Waals surface area contributed by atoms with Crippen LogP contribution in [-0.4, -0.2) is 35.6 Å². The summed E-state index contributed by atoms with van der Waals surface area (Å²) >= 11 is 3.57. The predicted molar refractivity (Wildman–Crippen MR) is 88.0 cm³/mol. The maximum atomic E-state index is 3.57. The Morgan fingerprint density at radius 3 is 3.05 bits per heavy atom. The average Bonchev–Trinajstić information content (AvgIpc) is 2.88. The molecule has 1 saturated heterocycles. The Morgan fingerprint density at radius 2 is 2.30 bits per heavy atom. The molecular formula is C16H22BrN3. The lowest BCUT2D eigenvalue weighted by molar-refractivity contribution is 0.166. The molecule has 20 heavy (non-hydrogen) atoms. The zero-order chi connectivity index (χ0) is 13.9. The summed E-state index contributed by atoms with van der Waals surface area (Å²) < 4.78 is 1.15. The van der Waals surface area contributed by atoms with Crippen LogP contribution in [0, 0.1) is 0 Å². The number of hydrogen-bond acceptors (Lipinski definition) is 2. The normalized spacial score (nSPS) is 19.9. The lowest BCUT2D eigenvalue weighted by Gasteiger charge is -2.33. The number of H-pyrrole nitrogens is 1. The Balaban J connectivity index is 1.81. The Hall–Kier alpha value is -0.840. The Kier molecular flexibility index (Phi) is 4.44. The molecule has 4 heteroatoms. The number of rotatable bonds is 4. The van der Waals surface area contributed by atoms with Gasteiger partial charge in [-0.3, -0.25) is 4.90 Å². The number of nitrogens with one attached hydrogen (secondary N) is 2. The van der Waals surface area contributed by atoms with Crippen molar-refractivity contribution in [2.24, 2.45) is 0 Å². The molecule has 2 heterocycles. The van der Waals surface area contributed by atoms with E-state index >= 15 is 0 Å². The fraction of sp³-hybridized carbons (Fsp3) is 0.500. The zero-order valence-electron chi connectivity index (χ0n) is 12.0. The first-order chi connectivity index (χ1) is 9.78. The maximum absolute atomic E-state index is 3.57. The monoisotopic (exact) mass is 335 g/mol. The minimum Gasteiger partial charge on any atom is -0.361 e. The predicted octanol–water partition coefficient (Wildman–Crippen LogP) is 3.50. The average molecular weight is 336 g/mol. The number of aromatic amines is 1. The molecule has 0 bridgehead atoms. The van der Waals surface area contributed by atoms with Gasteiger partial charge in [0.1, 0.15) is 0 Å². The van der Waals surface area contributed by atoms with Gasteiger partial charge in [0, 0.05) is 40.7 Å². The summed E-state index contributed by atoms with van der Waals surface area (Å²) in [5, 5.41) is 4.85. The van der Waals surface area contributed by atoms with Crippen molar-refractivity contribution in [3.05, 3.63) is 34.4 Å². The third kappa shape index (κ3) is 2.92. The van der Waals surface area contributed by atoms with Crippen molar-refractivity contribution < 1.29 is 0 Å². The highest BCUT2D eigenvalue weighted by Crippen LogP contribution is 2.25. The molecule has 2 aromatic rings. The number of benzene rings is 1. The van der Waals surface area contributed by atoms with E-state index in [1.54, 1.807) is 0 Å². The van der Waals surface area contributed by atoms with Crippen molar-refractivity contribution in [1.82, 2.24) is 15.2 Å². The van der Waals surface area contributed by atoms with Gasteiger partial charge in [-0.25, -0.2) is 0 Å². The fourth-order valence-electron chi connectivity index (χ4n) is 3.14. The highest BCUT2D eigenvalue weighted by atomic mass is 79.9. The van der Waals surface area contributed by atoms with Crippen LogP contribution in [0.1, 0.15) is 25.3 Å². The number of hydrogen-bond donors (Lipinski definition) is 2. The number of piperidine rings is 1. The molecule has 3 nitrogen and oxygen atoms in total. The Morgan fingerprint density at radius 1 is 1.40 bits per heavy atom. The smallest absolute Gasteiger partial charge is 0.0458 e. The van der Waals surface area contributed by atoms with E-state index in [0.29, 0.717) is 6.04 Å². The number of fused-ring (bicyclic) bond motifs is 1. The molecular weight excluding hydrogens is 314 g/mol. The van der Waals surface area contributed by atoms with Gasteiger partial charge < -0.3 is 10.3 Å². The molecule has 1 fully saturated rings. The molecule has 0 spiro atoms. The molecule has 1 aromatic carbocycles. The molecule has 1 aromatic heterocycles. The van der Waals surface area contributed by atoms with Crippen LogP contribution < -0.4 is 5.32 Å². The molecule has 0 aliphatic carbocycles. The summed E-state index contributed by atoms with van der Waals surface area (Å²) in [7, 11) is 0. The second-order valence-corrected chi connectivity index (χ2v) is 6.48. The van der Waals surface area contributed by atoms with Crippen molar-refractivity contribution in [3.63, 3.8) is 0 Å². The molecule has 1 aliphatic rings. The molecule has 0 amide bonds. The van der Waals surface area contributed by atoms with Gasteiger partial charge in [0.25, 0.3) is 0 Å². The van der Waals surface area contributed by atoms with Crippen LogP contribution in [0.4, 0.5) is 0 Å². The van der Waals surface area contributed by atoms with Crippen molar-refractivity contribution in [2.75, 3.05) is 19.6 Å². The SMILES string of the molecule is CCN(Cc1c[nH]c2ccc(Br)cc12)C1CCCNC1. The van der Waals surface area contributed by atoms with Crippen molar-refractivity contribution >= 4 is 26.8 Å². The molecule has 0 saturated carbocycles.